The summed E-state index contributed by atoms with van der Waals surface area (Å²) in [5.41, 5.74) is 6.48. The Morgan fingerprint density at radius 2 is 2.00 bits per heavy atom. The van der Waals surface area contributed by atoms with E-state index in [0.29, 0.717) is 28.2 Å². The highest BCUT2D eigenvalue weighted by Gasteiger charge is 2.02. The van der Waals surface area contributed by atoms with Gasteiger partial charge in [0, 0.05) is 22.7 Å². The molecule has 2 rings (SSSR count). The molecule has 2 aromatic rings. The van der Waals surface area contributed by atoms with Crippen LogP contribution in [-0.4, -0.2) is 9.97 Å². The van der Waals surface area contributed by atoms with E-state index in [1.807, 2.05) is 6.07 Å². The predicted molar refractivity (Wildman–Crippen MR) is 70.2 cm³/mol. The molecule has 0 amide bonds. The zero-order valence-corrected chi connectivity index (χ0v) is 10.3. The molecule has 0 saturated heterocycles. The van der Waals surface area contributed by atoms with Gasteiger partial charge < -0.3 is 11.1 Å². The van der Waals surface area contributed by atoms with Crippen molar-refractivity contribution in [3.63, 3.8) is 0 Å². The number of aromatic nitrogens is 2. The molecule has 0 unspecified atom stereocenters. The average Bonchev–Trinajstić information content (AvgIpc) is 2.28. The predicted octanol–water partition coefficient (Wildman–Crippen LogP) is 2.98. The van der Waals surface area contributed by atoms with Gasteiger partial charge in [-0.3, -0.25) is 0 Å². The number of nitrogens with one attached hydrogen (secondary N) is 1. The van der Waals surface area contributed by atoms with Crippen LogP contribution < -0.4 is 11.1 Å². The van der Waals surface area contributed by atoms with Crippen LogP contribution in [0.4, 0.5) is 11.6 Å². The van der Waals surface area contributed by atoms with Crippen LogP contribution in [0.5, 0.6) is 0 Å². The fourth-order valence-corrected chi connectivity index (χ4v) is 1.80. The quantitative estimate of drug-likeness (QED) is 0.899. The number of nitrogens with two attached hydrogens (primary N) is 1. The smallest absolute Gasteiger partial charge is 0.131 e. The molecule has 0 radical (unpaired) electrons. The Bertz CT molecular complexity index is 531. The third-order valence-corrected chi connectivity index (χ3v) is 2.75. The topological polar surface area (TPSA) is 63.8 Å². The maximum atomic E-state index is 6.05. The van der Waals surface area contributed by atoms with Crippen LogP contribution >= 0.6 is 23.2 Å². The molecule has 0 aliphatic rings. The van der Waals surface area contributed by atoms with E-state index in [9.17, 15) is 0 Å². The molecule has 4 nitrogen and oxygen atoms in total. The van der Waals surface area contributed by atoms with Gasteiger partial charge in [0.05, 0.1) is 0 Å². The second-order valence-electron chi connectivity index (χ2n) is 3.42. The highest BCUT2D eigenvalue weighted by Crippen LogP contribution is 2.21. The lowest BCUT2D eigenvalue weighted by molar-refractivity contribution is 1.08. The van der Waals surface area contributed by atoms with E-state index in [0.717, 1.165) is 5.56 Å². The molecule has 3 N–H and O–H groups in total. The van der Waals surface area contributed by atoms with E-state index >= 15 is 0 Å². The van der Waals surface area contributed by atoms with Gasteiger partial charge in [-0.15, -0.1) is 0 Å². The SMILES string of the molecule is Nc1cc(NCc2ccc(Cl)cc2Cl)ncn1. The van der Waals surface area contributed by atoms with Gasteiger partial charge in [0.25, 0.3) is 0 Å². The summed E-state index contributed by atoms with van der Waals surface area (Å²) in [5.74, 6) is 1.08. The summed E-state index contributed by atoms with van der Waals surface area (Å²) in [7, 11) is 0. The summed E-state index contributed by atoms with van der Waals surface area (Å²) >= 11 is 11.9. The van der Waals surface area contributed by atoms with Gasteiger partial charge in [0.15, 0.2) is 0 Å². The Hall–Kier alpha value is -1.52. The number of benzene rings is 1. The molecule has 0 bridgehead atoms. The first-order valence-corrected chi connectivity index (χ1v) is 5.66. The number of hydrogen-bond acceptors (Lipinski definition) is 4. The largest absolute Gasteiger partial charge is 0.384 e. The Kier molecular flexibility index (Phi) is 3.66. The minimum Gasteiger partial charge on any atom is -0.384 e. The van der Waals surface area contributed by atoms with E-state index in [4.69, 9.17) is 28.9 Å². The Morgan fingerprint density at radius 3 is 2.71 bits per heavy atom. The van der Waals surface area contributed by atoms with Crippen LogP contribution in [0.3, 0.4) is 0 Å². The highest BCUT2D eigenvalue weighted by molar-refractivity contribution is 6.35. The minimum absolute atomic E-state index is 0.421. The number of rotatable bonds is 3. The van der Waals surface area contributed by atoms with E-state index < -0.39 is 0 Å². The lowest BCUT2D eigenvalue weighted by atomic mass is 10.2. The first-order chi connectivity index (χ1) is 8.15. The van der Waals surface area contributed by atoms with E-state index in [1.54, 1.807) is 18.2 Å². The van der Waals surface area contributed by atoms with Gasteiger partial charge in [-0.1, -0.05) is 29.3 Å². The zero-order valence-electron chi connectivity index (χ0n) is 8.82. The first kappa shape index (κ1) is 12.0. The van der Waals surface area contributed by atoms with Crippen LogP contribution in [0, 0.1) is 0 Å². The fraction of sp³-hybridized carbons (Fsp3) is 0.0909. The molecule has 0 aliphatic heterocycles. The molecule has 0 atom stereocenters. The second-order valence-corrected chi connectivity index (χ2v) is 4.26. The van der Waals surface area contributed by atoms with Crippen molar-refractivity contribution in [3.05, 3.63) is 46.2 Å². The lowest BCUT2D eigenvalue weighted by Gasteiger charge is -2.07. The highest BCUT2D eigenvalue weighted by atomic mass is 35.5. The van der Waals surface area contributed by atoms with Crippen molar-refractivity contribution in [2.45, 2.75) is 6.54 Å². The van der Waals surface area contributed by atoms with E-state index in [-0.39, 0.29) is 0 Å². The number of halogens is 2. The van der Waals surface area contributed by atoms with Crippen molar-refractivity contribution in [1.82, 2.24) is 9.97 Å². The molecule has 0 saturated carbocycles. The maximum absolute atomic E-state index is 6.05. The molecule has 0 spiro atoms. The van der Waals surface area contributed by atoms with Crippen LogP contribution in [0.2, 0.25) is 10.0 Å². The molecule has 0 fully saturated rings. The maximum Gasteiger partial charge on any atom is 0.131 e. The minimum atomic E-state index is 0.421. The first-order valence-electron chi connectivity index (χ1n) is 4.90. The lowest BCUT2D eigenvalue weighted by Crippen LogP contribution is -2.03. The second kappa shape index (κ2) is 5.21. The van der Waals surface area contributed by atoms with Gasteiger partial charge in [-0.05, 0) is 17.7 Å². The molecular weight excluding hydrogens is 259 g/mol. The molecule has 1 aromatic heterocycles. The van der Waals surface area contributed by atoms with Gasteiger partial charge in [0.1, 0.15) is 18.0 Å². The number of nitrogen functional groups attached to an aromatic ring is 1. The molecular formula is C11H10Cl2N4. The third kappa shape index (κ3) is 3.22. The monoisotopic (exact) mass is 268 g/mol. The Balaban J connectivity index is 2.07. The molecule has 88 valence electrons. The van der Waals surface area contributed by atoms with Crippen molar-refractivity contribution >= 4 is 34.8 Å². The van der Waals surface area contributed by atoms with Crippen LogP contribution in [0.25, 0.3) is 0 Å². The van der Waals surface area contributed by atoms with Gasteiger partial charge >= 0.3 is 0 Å². The van der Waals surface area contributed by atoms with Gasteiger partial charge in [0.2, 0.25) is 0 Å². The van der Waals surface area contributed by atoms with Crippen molar-refractivity contribution in [3.8, 4) is 0 Å². The summed E-state index contributed by atoms with van der Waals surface area (Å²) in [6.45, 7) is 0.548. The molecule has 6 heteroatoms. The Morgan fingerprint density at radius 1 is 1.18 bits per heavy atom. The number of anilines is 2. The standard InChI is InChI=1S/C11H10Cl2N4/c12-8-2-1-7(9(13)3-8)5-15-11-4-10(14)16-6-17-11/h1-4,6H,5H2,(H3,14,15,16,17). The average molecular weight is 269 g/mol. The summed E-state index contributed by atoms with van der Waals surface area (Å²) in [6.07, 6.45) is 1.40. The summed E-state index contributed by atoms with van der Waals surface area (Å²) < 4.78 is 0. The molecule has 17 heavy (non-hydrogen) atoms. The fourth-order valence-electron chi connectivity index (χ4n) is 1.32. The number of nitrogens with zero attached hydrogens (tertiary/aromatic N) is 2. The third-order valence-electron chi connectivity index (χ3n) is 2.16. The Labute approximate surface area is 109 Å². The van der Waals surface area contributed by atoms with Crippen molar-refractivity contribution in [1.29, 1.82) is 0 Å². The van der Waals surface area contributed by atoms with Crippen molar-refractivity contribution < 1.29 is 0 Å². The van der Waals surface area contributed by atoms with Crippen molar-refractivity contribution in [2.75, 3.05) is 11.1 Å². The normalized spacial score (nSPS) is 10.2. The summed E-state index contributed by atoms with van der Waals surface area (Å²) in [4.78, 5) is 7.84. The number of hydrogen-bond donors (Lipinski definition) is 2. The summed E-state index contributed by atoms with van der Waals surface area (Å²) in [6, 6.07) is 7.01. The van der Waals surface area contributed by atoms with Gasteiger partial charge in [-0.2, -0.15) is 0 Å². The zero-order chi connectivity index (χ0) is 12.3. The molecule has 1 aromatic carbocycles. The van der Waals surface area contributed by atoms with Gasteiger partial charge in [-0.25, -0.2) is 9.97 Å². The van der Waals surface area contributed by atoms with E-state index in [1.165, 1.54) is 6.33 Å². The molecule has 0 aliphatic carbocycles. The molecule has 1 heterocycles. The van der Waals surface area contributed by atoms with E-state index in [2.05, 4.69) is 15.3 Å². The summed E-state index contributed by atoms with van der Waals surface area (Å²) in [5, 5.41) is 4.34. The van der Waals surface area contributed by atoms with Crippen LogP contribution in [0.15, 0.2) is 30.6 Å². The van der Waals surface area contributed by atoms with Crippen LogP contribution in [0.1, 0.15) is 5.56 Å². The van der Waals surface area contributed by atoms with Crippen molar-refractivity contribution in [2.24, 2.45) is 0 Å². The van der Waals surface area contributed by atoms with Crippen LogP contribution in [-0.2, 0) is 6.54 Å².